The third-order valence-electron chi connectivity index (χ3n) is 2.27. The van der Waals surface area contributed by atoms with Gasteiger partial charge in [0.1, 0.15) is 0 Å². The van der Waals surface area contributed by atoms with Crippen LogP contribution in [0.15, 0.2) is 17.5 Å². The highest BCUT2D eigenvalue weighted by Gasteiger charge is 2.05. The Kier molecular flexibility index (Phi) is 7.05. The van der Waals surface area contributed by atoms with Crippen LogP contribution in [0, 0.1) is 0 Å². The van der Waals surface area contributed by atoms with Gasteiger partial charge < -0.3 is 15.7 Å². The van der Waals surface area contributed by atoms with Crippen LogP contribution in [0.4, 0.5) is 0 Å². The third-order valence-corrected chi connectivity index (χ3v) is 3.14. The minimum atomic E-state index is -0.0920. The Morgan fingerprint density at radius 1 is 1.22 bits per heavy atom. The number of carbonyl (C=O) groups is 2. The summed E-state index contributed by atoms with van der Waals surface area (Å²) in [6, 6.07) is 3.59. The van der Waals surface area contributed by atoms with Crippen molar-refractivity contribution in [1.29, 1.82) is 0 Å². The van der Waals surface area contributed by atoms with Gasteiger partial charge in [-0.1, -0.05) is 6.07 Å². The Bertz CT molecular complexity index is 365. The molecule has 1 aromatic rings. The molecule has 0 saturated heterocycles. The van der Waals surface area contributed by atoms with Crippen LogP contribution in [0.1, 0.15) is 28.9 Å². The second-order valence-electron chi connectivity index (χ2n) is 3.76. The van der Waals surface area contributed by atoms with E-state index in [9.17, 15) is 9.59 Å². The van der Waals surface area contributed by atoms with Gasteiger partial charge in [-0.15, -0.1) is 11.3 Å². The molecule has 2 amide bonds. The van der Waals surface area contributed by atoms with Crippen LogP contribution in [-0.4, -0.2) is 36.6 Å². The number of carbonyl (C=O) groups excluding carboxylic acids is 2. The van der Waals surface area contributed by atoms with E-state index in [1.54, 1.807) is 6.07 Å². The quantitative estimate of drug-likeness (QED) is 0.610. The second kappa shape index (κ2) is 8.66. The summed E-state index contributed by atoms with van der Waals surface area (Å²) in [6.07, 6.45) is 1.57. The Morgan fingerprint density at radius 3 is 2.67 bits per heavy atom. The van der Waals surface area contributed by atoms with Crippen LogP contribution in [0.25, 0.3) is 0 Å². The van der Waals surface area contributed by atoms with E-state index < -0.39 is 0 Å². The predicted octanol–water partition coefficient (Wildman–Crippen LogP) is 0.757. The van der Waals surface area contributed by atoms with Gasteiger partial charge in [0.15, 0.2) is 0 Å². The molecule has 0 fully saturated rings. The summed E-state index contributed by atoms with van der Waals surface area (Å²) in [5.74, 6) is -0.139. The standard InChI is InChI=1S/C12H18N2O3S/c15-8-3-7-13-11(16)5-1-6-14-12(17)10-4-2-9-18-10/h2,4,9,15H,1,3,5-8H2,(H,13,16)(H,14,17). The Morgan fingerprint density at radius 2 is 2.00 bits per heavy atom. The van der Waals surface area contributed by atoms with Crippen LogP contribution in [0.2, 0.25) is 0 Å². The maximum atomic E-state index is 11.5. The molecule has 0 radical (unpaired) electrons. The van der Waals surface area contributed by atoms with Gasteiger partial charge in [0.25, 0.3) is 5.91 Å². The number of hydrogen-bond donors (Lipinski definition) is 3. The Balaban J connectivity index is 2.04. The molecule has 6 heteroatoms. The maximum Gasteiger partial charge on any atom is 0.261 e. The molecule has 0 aliphatic heterocycles. The molecule has 1 heterocycles. The number of rotatable bonds is 8. The van der Waals surface area contributed by atoms with Crippen molar-refractivity contribution in [3.05, 3.63) is 22.4 Å². The van der Waals surface area contributed by atoms with Crippen LogP contribution < -0.4 is 10.6 Å². The molecule has 100 valence electrons. The van der Waals surface area contributed by atoms with Crippen molar-refractivity contribution < 1.29 is 14.7 Å². The number of aliphatic hydroxyl groups is 1. The molecule has 0 aliphatic carbocycles. The Hall–Kier alpha value is -1.40. The summed E-state index contributed by atoms with van der Waals surface area (Å²) in [6.45, 7) is 1.07. The van der Waals surface area contributed by atoms with Crippen molar-refractivity contribution in [2.75, 3.05) is 19.7 Å². The van der Waals surface area contributed by atoms with Crippen molar-refractivity contribution in [2.24, 2.45) is 0 Å². The maximum absolute atomic E-state index is 11.5. The van der Waals surface area contributed by atoms with Crippen molar-refractivity contribution >= 4 is 23.2 Å². The molecule has 0 saturated carbocycles. The van der Waals surface area contributed by atoms with Crippen LogP contribution >= 0.6 is 11.3 Å². The molecule has 0 aliphatic rings. The number of thiophene rings is 1. The summed E-state index contributed by atoms with van der Waals surface area (Å²) in [5.41, 5.74) is 0. The smallest absolute Gasteiger partial charge is 0.261 e. The van der Waals surface area contributed by atoms with E-state index in [4.69, 9.17) is 5.11 Å². The highest BCUT2D eigenvalue weighted by atomic mass is 32.1. The zero-order valence-corrected chi connectivity index (χ0v) is 11.0. The van der Waals surface area contributed by atoms with Gasteiger partial charge in [-0.05, 0) is 24.3 Å². The largest absolute Gasteiger partial charge is 0.396 e. The van der Waals surface area contributed by atoms with Crippen molar-refractivity contribution in [3.63, 3.8) is 0 Å². The van der Waals surface area contributed by atoms with Gasteiger partial charge in [-0.2, -0.15) is 0 Å². The molecule has 0 unspecified atom stereocenters. The van der Waals surface area contributed by atoms with Crippen LogP contribution in [-0.2, 0) is 4.79 Å². The minimum absolute atomic E-state index is 0.0474. The number of amides is 2. The lowest BCUT2D eigenvalue weighted by atomic mass is 10.3. The number of aliphatic hydroxyl groups excluding tert-OH is 1. The highest BCUT2D eigenvalue weighted by Crippen LogP contribution is 2.07. The van der Waals surface area contributed by atoms with E-state index in [0.29, 0.717) is 37.2 Å². The molecular weight excluding hydrogens is 252 g/mol. The molecule has 0 bridgehead atoms. The van der Waals surface area contributed by atoms with Crippen molar-refractivity contribution in [2.45, 2.75) is 19.3 Å². The van der Waals surface area contributed by atoms with E-state index in [0.717, 1.165) is 0 Å². The molecule has 0 aromatic carbocycles. The lowest BCUT2D eigenvalue weighted by Gasteiger charge is -2.05. The summed E-state index contributed by atoms with van der Waals surface area (Å²) >= 11 is 1.39. The monoisotopic (exact) mass is 270 g/mol. The highest BCUT2D eigenvalue weighted by molar-refractivity contribution is 7.12. The molecule has 1 aromatic heterocycles. The van der Waals surface area contributed by atoms with Gasteiger partial charge >= 0.3 is 0 Å². The van der Waals surface area contributed by atoms with E-state index in [2.05, 4.69) is 10.6 Å². The molecular formula is C12H18N2O3S. The van der Waals surface area contributed by atoms with Gasteiger partial charge in [-0.3, -0.25) is 9.59 Å². The normalized spacial score (nSPS) is 10.1. The first-order valence-electron chi connectivity index (χ1n) is 5.93. The SMILES string of the molecule is O=C(CCCNC(=O)c1cccs1)NCCCO. The van der Waals surface area contributed by atoms with E-state index in [1.807, 2.05) is 11.4 Å². The zero-order valence-electron chi connectivity index (χ0n) is 10.1. The van der Waals surface area contributed by atoms with Crippen LogP contribution in [0.3, 0.4) is 0 Å². The zero-order chi connectivity index (χ0) is 13.2. The molecule has 3 N–H and O–H groups in total. The van der Waals surface area contributed by atoms with Crippen molar-refractivity contribution in [3.8, 4) is 0 Å². The summed E-state index contributed by atoms with van der Waals surface area (Å²) in [7, 11) is 0. The van der Waals surface area contributed by atoms with Crippen LogP contribution in [0.5, 0.6) is 0 Å². The summed E-state index contributed by atoms with van der Waals surface area (Å²) < 4.78 is 0. The van der Waals surface area contributed by atoms with E-state index >= 15 is 0 Å². The molecule has 1 rings (SSSR count). The first kappa shape index (κ1) is 14.7. The molecule has 0 atom stereocenters. The topological polar surface area (TPSA) is 78.4 Å². The molecule has 18 heavy (non-hydrogen) atoms. The van der Waals surface area contributed by atoms with Gasteiger partial charge in [0, 0.05) is 26.1 Å². The van der Waals surface area contributed by atoms with Gasteiger partial charge in [-0.25, -0.2) is 0 Å². The fourth-order valence-corrected chi connectivity index (χ4v) is 1.98. The Labute approximate surface area is 110 Å². The number of nitrogens with one attached hydrogen (secondary N) is 2. The fraction of sp³-hybridized carbons (Fsp3) is 0.500. The number of hydrogen-bond acceptors (Lipinski definition) is 4. The first-order valence-corrected chi connectivity index (χ1v) is 6.81. The van der Waals surface area contributed by atoms with Gasteiger partial charge in [0.2, 0.25) is 5.91 Å². The lowest BCUT2D eigenvalue weighted by Crippen LogP contribution is -2.27. The van der Waals surface area contributed by atoms with Crippen molar-refractivity contribution in [1.82, 2.24) is 10.6 Å². The molecule has 5 nitrogen and oxygen atoms in total. The predicted molar refractivity (Wildman–Crippen MR) is 70.6 cm³/mol. The summed E-state index contributed by atoms with van der Waals surface area (Å²) in [4.78, 5) is 23.5. The molecule has 0 spiro atoms. The fourth-order valence-electron chi connectivity index (χ4n) is 1.34. The average Bonchev–Trinajstić information content (AvgIpc) is 2.88. The average molecular weight is 270 g/mol. The first-order chi connectivity index (χ1) is 8.74. The summed E-state index contributed by atoms with van der Waals surface area (Å²) in [5, 5.41) is 15.8. The van der Waals surface area contributed by atoms with E-state index in [1.165, 1.54) is 11.3 Å². The lowest BCUT2D eigenvalue weighted by molar-refractivity contribution is -0.121. The minimum Gasteiger partial charge on any atom is -0.396 e. The van der Waals surface area contributed by atoms with E-state index in [-0.39, 0.29) is 18.4 Å². The second-order valence-corrected chi connectivity index (χ2v) is 4.71. The van der Waals surface area contributed by atoms with Gasteiger partial charge in [0.05, 0.1) is 4.88 Å². The third kappa shape index (κ3) is 5.79.